The number of nitrogens with one attached hydrogen (secondary N) is 1. The van der Waals surface area contributed by atoms with Gasteiger partial charge in [0, 0.05) is 6.54 Å². The third-order valence-corrected chi connectivity index (χ3v) is 2.74. The Morgan fingerprint density at radius 2 is 2.00 bits per heavy atom. The molecule has 0 saturated heterocycles. The number of hydrogen-bond donors (Lipinski definition) is 1. The average Bonchev–Trinajstić information content (AvgIpc) is 2.33. The topological polar surface area (TPSA) is 21.3 Å². The molecule has 0 amide bonds. The minimum atomic E-state index is 0.747. The van der Waals surface area contributed by atoms with Crippen molar-refractivity contribution >= 4 is 0 Å². The molecule has 0 aliphatic carbocycles. The molecule has 0 radical (unpaired) electrons. The first kappa shape index (κ1) is 14.0. The lowest BCUT2D eigenvalue weighted by Crippen LogP contribution is -2.22. The summed E-state index contributed by atoms with van der Waals surface area (Å²) in [6.07, 6.45) is 5.26. The van der Waals surface area contributed by atoms with Crippen molar-refractivity contribution in [1.82, 2.24) is 5.32 Å². The van der Waals surface area contributed by atoms with E-state index in [9.17, 15) is 0 Å². The maximum atomic E-state index is 5.65. The standard InChI is InChI=1S/C15H25NO/c1-3-4-5-6-10-16-11-12-17-15-9-7-8-14(2)13-15/h7-9,13,16H,3-6,10-12H2,1-2H3. The van der Waals surface area contributed by atoms with E-state index < -0.39 is 0 Å². The van der Waals surface area contributed by atoms with E-state index in [0.717, 1.165) is 25.4 Å². The van der Waals surface area contributed by atoms with Gasteiger partial charge in [-0.1, -0.05) is 38.3 Å². The van der Waals surface area contributed by atoms with Crippen molar-refractivity contribution in [2.24, 2.45) is 0 Å². The van der Waals surface area contributed by atoms with Crippen molar-refractivity contribution in [2.75, 3.05) is 19.7 Å². The number of aryl methyl sites for hydroxylation is 1. The Morgan fingerprint density at radius 3 is 2.76 bits per heavy atom. The minimum absolute atomic E-state index is 0.747. The monoisotopic (exact) mass is 235 g/mol. The van der Waals surface area contributed by atoms with Gasteiger partial charge in [0.2, 0.25) is 0 Å². The molecule has 1 aromatic carbocycles. The fourth-order valence-corrected chi connectivity index (χ4v) is 1.75. The number of benzene rings is 1. The summed E-state index contributed by atoms with van der Waals surface area (Å²) >= 11 is 0. The molecular weight excluding hydrogens is 210 g/mol. The predicted molar refractivity (Wildman–Crippen MR) is 73.7 cm³/mol. The summed E-state index contributed by atoms with van der Waals surface area (Å²) in [6, 6.07) is 8.19. The Balaban J connectivity index is 1.97. The van der Waals surface area contributed by atoms with Crippen molar-refractivity contribution < 1.29 is 4.74 Å². The maximum absolute atomic E-state index is 5.65. The second-order valence-electron chi connectivity index (χ2n) is 4.48. The number of ether oxygens (including phenoxy) is 1. The van der Waals surface area contributed by atoms with Crippen LogP contribution in [0.25, 0.3) is 0 Å². The lowest BCUT2D eigenvalue weighted by molar-refractivity contribution is 0.313. The summed E-state index contributed by atoms with van der Waals surface area (Å²) in [4.78, 5) is 0. The van der Waals surface area contributed by atoms with E-state index >= 15 is 0 Å². The van der Waals surface area contributed by atoms with Crippen molar-refractivity contribution in [2.45, 2.75) is 39.5 Å². The Hall–Kier alpha value is -1.02. The predicted octanol–water partition coefficient (Wildman–Crippen LogP) is 3.54. The Bertz CT molecular complexity index is 299. The smallest absolute Gasteiger partial charge is 0.119 e. The molecule has 0 aliphatic heterocycles. The molecule has 1 N–H and O–H groups in total. The van der Waals surface area contributed by atoms with Gasteiger partial charge in [0.25, 0.3) is 0 Å². The van der Waals surface area contributed by atoms with Crippen LogP contribution in [0.3, 0.4) is 0 Å². The molecular formula is C15H25NO. The number of hydrogen-bond acceptors (Lipinski definition) is 2. The highest BCUT2D eigenvalue weighted by Gasteiger charge is 1.93. The lowest BCUT2D eigenvalue weighted by Gasteiger charge is -2.08. The Labute approximate surface area is 105 Å². The molecule has 17 heavy (non-hydrogen) atoms. The van der Waals surface area contributed by atoms with E-state index in [1.807, 2.05) is 12.1 Å². The maximum Gasteiger partial charge on any atom is 0.119 e. The highest BCUT2D eigenvalue weighted by atomic mass is 16.5. The van der Waals surface area contributed by atoms with E-state index in [4.69, 9.17) is 4.74 Å². The normalized spacial score (nSPS) is 10.5. The van der Waals surface area contributed by atoms with Crippen molar-refractivity contribution in [3.63, 3.8) is 0 Å². The zero-order valence-corrected chi connectivity index (χ0v) is 11.2. The molecule has 0 unspecified atom stereocenters. The van der Waals surface area contributed by atoms with Gasteiger partial charge in [-0.05, 0) is 37.6 Å². The average molecular weight is 235 g/mol. The SMILES string of the molecule is CCCCCCNCCOc1cccc(C)c1. The van der Waals surface area contributed by atoms with Gasteiger partial charge in [0.05, 0.1) is 0 Å². The zero-order valence-electron chi connectivity index (χ0n) is 11.2. The second-order valence-corrected chi connectivity index (χ2v) is 4.48. The van der Waals surface area contributed by atoms with E-state index in [2.05, 4.69) is 31.3 Å². The first-order chi connectivity index (χ1) is 8.33. The van der Waals surface area contributed by atoms with Crippen LogP contribution in [-0.2, 0) is 0 Å². The van der Waals surface area contributed by atoms with Crippen LogP contribution in [-0.4, -0.2) is 19.7 Å². The third-order valence-electron chi connectivity index (χ3n) is 2.74. The van der Waals surface area contributed by atoms with Crippen LogP contribution in [0, 0.1) is 6.92 Å². The summed E-state index contributed by atoms with van der Waals surface area (Å²) in [5.41, 5.74) is 1.25. The number of rotatable bonds is 9. The van der Waals surface area contributed by atoms with Gasteiger partial charge in [-0.3, -0.25) is 0 Å². The molecule has 0 spiro atoms. The van der Waals surface area contributed by atoms with E-state index in [1.165, 1.54) is 31.2 Å². The first-order valence-corrected chi connectivity index (χ1v) is 6.73. The van der Waals surface area contributed by atoms with Crippen LogP contribution >= 0.6 is 0 Å². The number of unbranched alkanes of at least 4 members (excludes halogenated alkanes) is 3. The second kappa shape index (κ2) is 9.06. The molecule has 0 aromatic heterocycles. The molecule has 1 rings (SSSR count). The quantitative estimate of drug-likeness (QED) is 0.661. The molecule has 0 aliphatic rings. The van der Waals surface area contributed by atoms with Crippen LogP contribution in [0.4, 0.5) is 0 Å². The molecule has 96 valence electrons. The van der Waals surface area contributed by atoms with Crippen LogP contribution in [0.1, 0.15) is 38.2 Å². The Morgan fingerprint density at radius 1 is 1.12 bits per heavy atom. The summed E-state index contributed by atoms with van der Waals surface area (Å²) < 4.78 is 5.65. The summed E-state index contributed by atoms with van der Waals surface area (Å²) in [6.45, 7) is 7.11. The molecule has 0 saturated carbocycles. The molecule has 2 nitrogen and oxygen atoms in total. The van der Waals surface area contributed by atoms with Gasteiger partial charge in [0.1, 0.15) is 12.4 Å². The largest absolute Gasteiger partial charge is 0.492 e. The molecule has 0 bridgehead atoms. The highest BCUT2D eigenvalue weighted by molar-refractivity contribution is 5.27. The van der Waals surface area contributed by atoms with Crippen LogP contribution < -0.4 is 10.1 Å². The van der Waals surface area contributed by atoms with Crippen molar-refractivity contribution in [3.8, 4) is 5.75 Å². The Kier molecular flexibility index (Phi) is 7.48. The molecule has 0 heterocycles. The molecule has 1 aromatic rings. The molecule has 0 atom stereocenters. The van der Waals surface area contributed by atoms with E-state index in [0.29, 0.717) is 0 Å². The first-order valence-electron chi connectivity index (χ1n) is 6.73. The lowest BCUT2D eigenvalue weighted by atomic mass is 10.2. The van der Waals surface area contributed by atoms with Crippen LogP contribution in [0.15, 0.2) is 24.3 Å². The third kappa shape index (κ3) is 7.01. The van der Waals surface area contributed by atoms with Gasteiger partial charge in [0.15, 0.2) is 0 Å². The van der Waals surface area contributed by atoms with Gasteiger partial charge in [-0.2, -0.15) is 0 Å². The summed E-state index contributed by atoms with van der Waals surface area (Å²) in [5, 5.41) is 3.40. The zero-order chi connectivity index (χ0) is 12.3. The van der Waals surface area contributed by atoms with Gasteiger partial charge < -0.3 is 10.1 Å². The molecule has 0 fully saturated rings. The van der Waals surface area contributed by atoms with E-state index in [-0.39, 0.29) is 0 Å². The van der Waals surface area contributed by atoms with E-state index in [1.54, 1.807) is 0 Å². The molecule has 2 heteroatoms. The minimum Gasteiger partial charge on any atom is -0.492 e. The fourth-order valence-electron chi connectivity index (χ4n) is 1.75. The van der Waals surface area contributed by atoms with Gasteiger partial charge in [-0.15, -0.1) is 0 Å². The summed E-state index contributed by atoms with van der Waals surface area (Å²) in [7, 11) is 0. The van der Waals surface area contributed by atoms with Crippen LogP contribution in [0.2, 0.25) is 0 Å². The van der Waals surface area contributed by atoms with Gasteiger partial charge in [-0.25, -0.2) is 0 Å². The van der Waals surface area contributed by atoms with Gasteiger partial charge >= 0.3 is 0 Å². The highest BCUT2D eigenvalue weighted by Crippen LogP contribution is 2.11. The van der Waals surface area contributed by atoms with Crippen LogP contribution in [0.5, 0.6) is 5.75 Å². The fraction of sp³-hybridized carbons (Fsp3) is 0.600. The summed E-state index contributed by atoms with van der Waals surface area (Å²) in [5.74, 6) is 0.970. The van der Waals surface area contributed by atoms with Crippen molar-refractivity contribution in [3.05, 3.63) is 29.8 Å². The van der Waals surface area contributed by atoms with Crippen molar-refractivity contribution in [1.29, 1.82) is 0 Å².